The van der Waals surface area contributed by atoms with E-state index in [1.54, 1.807) is 19.5 Å². The smallest absolute Gasteiger partial charge is 0.320 e. The number of rotatable bonds is 6. The summed E-state index contributed by atoms with van der Waals surface area (Å²) in [5.41, 5.74) is 1.92. The Bertz CT molecular complexity index is 847. The molecule has 2 aromatic heterocycles. The van der Waals surface area contributed by atoms with Crippen molar-refractivity contribution in [3.8, 4) is 0 Å². The van der Waals surface area contributed by atoms with Crippen molar-refractivity contribution < 1.29 is 9.53 Å². The zero-order chi connectivity index (χ0) is 17.6. The molecule has 3 rings (SSSR count). The SMILES string of the molecule is CCn1ncc2cc(NC(=O)NC(COC)c3ccccc3)ncc21. The molecule has 3 aromatic rings. The van der Waals surface area contributed by atoms with E-state index in [2.05, 4.69) is 20.7 Å². The van der Waals surface area contributed by atoms with Gasteiger partial charge in [0.1, 0.15) is 5.82 Å². The van der Waals surface area contributed by atoms with Gasteiger partial charge >= 0.3 is 6.03 Å². The van der Waals surface area contributed by atoms with Gasteiger partial charge in [-0.25, -0.2) is 9.78 Å². The van der Waals surface area contributed by atoms with Crippen LogP contribution in [0.1, 0.15) is 18.5 Å². The molecule has 2 N–H and O–H groups in total. The first-order valence-electron chi connectivity index (χ1n) is 8.14. The van der Waals surface area contributed by atoms with Gasteiger partial charge in [-0.1, -0.05) is 30.3 Å². The highest BCUT2D eigenvalue weighted by atomic mass is 16.5. The van der Waals surface area contributed by atoms with Gasteiger partial charge in [-0.2, -0.15) is 5.10 Å². The van der Waals surface area contributed by atoms with Crippen LogP contribution >= 0.6 is 0 Å². The van der Waals surface area contributed by atoms with Crippen molar-refractivity contribution >= 4 is 22.8 Å². The number of fused-ring (bicyclic) bond motifs is 1. The Kier molecular flexibility index (Phi) is 5.25. The summed E-state index contributed by atoms with van der Waals surface area (Å²) in [6.45, 7) is 3.17. The van der Waals surface area contributed by atoms with Crippen LogP contribution in [-0.2, 0) is 11.3 Å². The molecule has 0 spiro atoms. The topological polar surface area (TPSA) is 81.1 Å². The molecular formula is C18H21N5O2. The molecule has 7 nitrogen and oxygen atoms in total. The van der Waals surface area contributed by atoms with Crippen LogP contribution in [-0.4, -0.2) is 34.5 Å². The molecule has 7 heteroatoms. The number of urea groups is 1. The minimum atomic E-state index is -0.333. The molecule has 0 fully saturated rings. The van der Waals surface area contributed by atoms with Crippen molar-refractivity contribution in [3.63, 3.8) is 0 Å². The molecule has 25 heavy (non-hydrogen) atoms. The lowest BCUT2D eigenvalue weighted by molar-refractivity contribution is 0.168. The van der Waals surface area contributed by atoms with Crippen LogP contribution in [0.3, 0.4) is 0 Å². The van der Waals surface area contributed by atoms with Crippen LogP contribution in [0.25, 0.3) is 10.9 Å². The van der Waals surface area contributed by atoms with Gasteiger partial charge in [0.2, 0.25) is 0 Å². The molecule has 0 saturated heterocycles. The number of nitrogens with one attached hydrogen (secondary N) is 2. The van der Waals surface area contributed by atoms with Gasteiger partial charge in [0.25, 0.3) is 0 Å². The third-order valence-corrected chi connectivity index (χ3v) is 3.91. The van der Waals surface area contributed by atoms with E-state index in [-0.39, 0.29) is 12.1 Å². The van der Waals surface area contributed by atoms with Crippen LogP contribution in [0, 0.1) is 0 Å². The summed E-state index contributed by atoms with van der Waals surface area (Å²) in [7, 11) is 1.61. The lowest BCUT2D eigenvalue weighted by Crippen LogP contribution is -2.35. The number of nitrogens with zero attached hydrogens (tertiary/aromatic N) is 3. The molecule has 0 bridgehead atoms. The third-order valence-electron chi connectivity index (χ3n) is 3.91. The van der Waals surface area contributed by atoms with E-state index in [9.17, 15) is 4.79 Å². The zero-order valence-corrected chi connectivity index (χ0v) is 14.3. The van der Waals surface area contributed by atoms with E-state index in [1.807, 2.05) is 48.0 Å². The minimum Gasteiger partial charge on any atom is -0.382 e. The van der Waals surface area contributed by atoms with Gasteiger partial charge in [-0.05, 0) is 18.6 Å². The van der Waals surface area contributed by atoms with E-state index in [0.29, 0.717) is 12.4 Å². The summed E-state index contributed by atoms with van der Waals surface area (Å²) >= 11 is 0. The summed E-state index contributed by atoms with van der Waals surface area (Å²) in [5.74, 6) is 0.477. The Morgan fingerprint density at radius 1 is 1.28 bits per heavy atom. The number of carbonyl (C=O) groups is 1. The predicted octanol–water partition coefficient (Wildman–Crippen LogP) is 2.96. The van der Waals surface area contributed by atoms with Crippen LogP contribution < -0.4 is 10.6 Å². The van der Waals surface area contributed by atoms with Crippen molar-refractivity contribution in [2.75, 3.05) is 19.0 Å². The normalized spacial score (nSPS) is 12.1. The molecule has 0 radical (unpaired) electrons. The number of aryl methyl sites for hydroxylation is 1. The third kappa shape index (κ3) is 3.95. The highest BCUT2D eigenvalue weighted by molar-refractivity contribution is 5.91. The maximum Gasteiger partial charge on any atom is 0.320 e. The molecule has 1 atom stereocenters. The fourth-order valence-electron chi connectivity index (χ4n) is 2.68. The number of amides is 2. The lowest BCUT2D eigenvalue weighted by atomic mass is 10.1. The monoisotopic (exact) mass is 339 g/mol. The fraction of sp³-hybridized carbons (Fsp3) is 0.278. The van der Waals surface area contributed by atoms with E-state index in [1.165, 1.54) is 0 Å². The molecule has 1 aromatic carbocycles. The van der Waals surface area contributed by atoms with Crippen LogP contribution in [0.5, 0.6) is 0 Å². The highest BCUT2D eigenvalue weighted by Gasteiger charge is 2.15. The van der Waals surface area contributed by atoms with Crippen molar-refractivity contribution in [1.82, 2.24) is 20.1 Å². The molecule has 0 aliphatic rings. The maximum atomic E-state index is 12.3. The van der Waals surface area contributed by atoms with E-state index in [4.69, 9.17) is 4.74 Å². The average Bonchev–Trinajstić information content (AvgIpc) is 3.04. The van der Waals surface area contributed by atoms with E-state index < -0.39 is 0 Å². The van der Waals surface area contributed by atoms with E-state index in [0.717, 1.165) is 23.0 Å². The number of anilines is 1. The van der Waals surface area contributed by atoms with Crippen LogP contribution in [0.2, 0.25) is 0 Å². The molecule has 2 amide bonds. The fourth-order valence-corrected chi connectivity index (χ4v) is 2.68. The summed E-state index contributed by atoms with van der Waals surface area (Å²) in [5, 5.41) is 10.9. The van der Waals surface area contributed by atoms with Crippen molar-refractivity contribution in [2.45, 2.75) is 19.5 Å². The molecule has 1 unspecified atom stereocenters. The molecule has 2 heterocycles. The summed E-state index contributed by atoms with van der Waals surface area (Å²) in [6, 6.07) is 10.9. The minimum absolute atomic E-state index is 0.238. The lowest BCUT2D eigenvalue weighted by Gasteiger charge is -2.18. The Morgan fingerprint density at radius 2 is 2.08 bits per heavy atom. The first-order chi connectivity index (χ1) is 12.2. The largest absolute Gasteiger partial charge is 0.382 e. The zero-order valence-electron chi connectivity index (χ0n) is 14.3. The summed E-state index contributed by atoms with van der Waals surface area (Å²) in [6.07, 6.45) is 3.48. The standard InChI is InChI=1S/C18H21N5O2/c1-3-23-16-11-19-17(9-14(16)10-20-23)22-18(24)21-15(12-25-2)13-7-5-4-6-8-13/h4-11,15H,3,12H2,1-2H3,(H2,19,21,22,24). The molecule has 0 aliphatic carbocycles. The number of methoxy groups -OCH3 is 1. The number of carbonyl (C=O) groups excluding carboxylic acids is 1. The first kappa shape index (κ1) is 16.9. The van der Waals surface area contributed by atoms with Crippen molar-refractivity contribution in [2.24, 2.45) is 0 Å². The Labute approximate surface area is 146 Å². The number of pyridine rings is 1. The second-order valence-electron chi connectivity index (χ2n) is 5.61. The van der Waals surface area contributed by atoms with Gasteiger partial charge in [-0.15, -0.1) is 0 Å². The van der Waals surface area contributed by atoms with Gasteiger partial charge in [0, 0.05) is 19.0 Å². The average molecular weight is 339 g/mol. The Morgan fingerprint density at radius 3 is 2.80 bits per heavy atom. The van der Waals surface area contributed by atoms with Crippen LogP contribution in [0.4, 0.5) is 10.6 Å². The van der Waals surface area contributed by atoms with Gasteiger partial charge in [0.15, 0.2) is 0 Å². The number of hydrogen-bond donors (Lipinski definition) is 2. The summed E-state index contributed by atoms with van der Waals surface area (Å²) in [4.78, 5) is 16.6. The van der Waals surface area contributed by atoms with Gasteiger partial charge in [0.05, 0.1) is 30.6 Å². The molecule has 130 valence electrons. The van der Waals surface area contributed by atoms with Crippen LogP contribution in [0.15, 0.2) is 48.8 Å². The predicted molar refractivity (Wildman–Crippen MR) is 96.4 cm³/mol. The van der Waals surface area contributed by atoms with Gasteiger partial charge in [-0.3, -0.25) is 10.00 Å². The Balaban J connectivity index is 1.70. The van der Waals surface area contributed by atoms with Crippen molar-refractivity contribution in [3.05, 3.63) is 54.4 Å². The second-order valence-corrected chi connectivity index (χ2v) is 5.61. The second kappa shape index (κ2) is 7.76. The van der Waals surface area contributed by atoms with Crippen molar-refractivity contribution in [1.29, 1.82) is 0 Å². The van der Waals surface area contributed by atoms with Gasteiger partial charge < -0.3 is 10.1 Å². The number of benzene rings is 1. The first-order valence-corrected chi connectivity index (χ1v) is 8.14. The molecule has 0 aliphatic heterocycles. The maximum absolute atomic E-state index is 12.3. The Hall–Kier alpha value is -2.93. The quantitative estimate of drug-likeness (QED) is 0.723. The highest BCUT2D eigenvalue weighted by Crippen LogP contribution is 2.17. The number of aromatic nitrogens is 3. The number of ether oxygens (including phenoxy) is 1. The van der Waals surface area contributed by atoms with E-state index >= 15 is 0 Å². The molecule has 0 saturated carbocycles. The number of hydrogen-bond acceptors (Lipinski definition) is 4. The summed E-state index contributed by atoms with van der Waals surface area (Å²) < 4.78 is 7.07. The molecular weight excluding hydrogens is 318 g/mol.